The van der Waals surface area contributed by atoms with Gasteiger partial charge in [-0.15, -0.1) is 0 Å². The highest BCUT2D eigenvalue weighted by Crippen LogP contribution is 2.17. The van der Waals surface area contributed by atoms with Crippen molar-refractivity contribution in [2.45, 2.75) is 26.7 Å². The first-order valence-corrected chi connectivity index (χ1v) is 6.06. The van der Waals surface area contributed by atoms with Gasteiger partial charge >= 0.3 is 0 Å². The van der Waals surface area contributed by atoms with Crippen LogP contribution in [0.15, 0.2) is 36.4 Å². The molecule has 18 heavy (non-hydrogen) atoms. The van der Waals surface area contributed by atoms with Crippen molar-refractivity contribution >= 4 is 0 Å². The highest BCUT2D eigenvalue weighted by atomic mass is 19.1. The van der Waals surface area contributed by atoms with E-state index in [4.69, 9.17) is 0 Å². The van der Waals surface area contributed by atoms with Crippen LogP contribution in [-0.4, -0.2) is 0 Å². The SMILES string of the molecule is Cc1ccc(CCc2c(F)cc(C)cc2F)cc1. The number of benzene rings is 2. The van der Waals surface area contributed by atoms with Gasteiger partial charge in [0.25, 0.3) is 0 Å². The van der Waals surface area contributed by atoms with Crippen molar-refractivity contribution < 1.29 is 8.78 Å². The van der Waals surface area contributed by atoms with E-state index in [1.54, 1.807) is 6.92 Å². The molecule has 0 amide bonds. The summed E-state index contributed by atoms with van der Waals surface area (Å²) in [6, 6.07) is 10.8. The lowest BCUT2D eigenvalue weighted by Crippen LogP contribution is -1.99. The quantitative estimate of drug-likeness (QED) is 0.754. The van der Waals surface area contributed by atoms with Gasteiger partial charge in [-0.25, -0.2) is 8.78 Å². The number of halogens is 2. The van der Waals surface area contributed by atoms with E-state index >= 15 is 0 Å². The largest absolute Gasteiger partial charge is 0.207 e. The van der Waals surface area contributed by atoms with Crippen LogP contribution < -0.4 is 0 Å². The van der Waals surface area contributed by atoms with Gasteiger partial charge < -0.3 is 0 Å². The molecule has 0 saturated carbocycles. The standard InChI is InChI=1S/C16H16F2/c1-11-3-5-13(6-4-11)7-8-14-15(17)9-12(2)10-16(14)18/h3-6,9-10H,7-8H2,1-2H3. The summed E-state index contributed by atoms with van der Waals surface area (Å²) in [5, 5.41) is 0. The molecule has 0 spiro atoms. The van der Waals surface area contributed by atoms with Gasteiger partial charge in [-0.05, 0) is 49.9 Å². The second-order valence-electron chi connectivity index (χ2n) is 4.69. The zero-order valence-electron chi connectivity index (χ0n) is 10.6. The van der Waals surface area contributed by atoms with Crippen molar-refractivity contribution in [1.82, 2.24) is 0 Å². The predicted molar refractivity (Wildman–Crippen MR) is 69.7 cm³/mol. The lowest BCUT2D eigenvalue weighted by molar-refractivity contribution is 0.553. The van der Waals surface area contributed by atoms with Gasteiger partial charge in [-0.3, -0.25) is 0 Å². The first-order valence-electron chi connectivity index (χ1n) is 6.06. The molecule has 0 radical (unpaired) electrons. The van der Waals surface area contributed by atoms with E-state index in [9.17, 15) is 8.78 Å². The minimum Gasteiger partial charge on any atom is -0.207 e. The molecule has 0 N–H and O–H groups in total. The Kier molecular flexibility index (Phi) is 3.75. The summed E-state index contributed by atoms with van der Waals surface area (Å²) in [5.41, 5.74) is 3.08. The third-order valence-corrected chi connectivity index (χ3v) is 3.07. The summed E-state index contributed by atoms with van der Waals surface area (Å²) < 4.78 is 27.3. The van der Waals surface area contributed by atoms with Crippen molar-refractivity contribution in [2.24, 2.45) is 0 Å². The van der Waals surface area contributed by atoms with Crippen LogP contribution in [-0.2, 0) is 12.8 Å². The average Bonchev–Trinajstić information content (AvgIpc) is 2.30. The molecule has 2 heteroatoms. The molecular formula is C16H16F2. The Labute approximate surface area is 106 Å². The molecule has 0 saturated heterocycles. The fourth-order valence-electron chi connectivity index (χ4n) is 1.99. The molecule has 0 atom stereocenters. The normalized spacial score (nSPS) is 10.7. The third-order valence-electron chi connectivity index (χ3n) is 3.07. The molecule has 0 aliphatic carbocycles. The minimum atomic E-state index is -0.445. The first kappa shape index (κ1) is 12.7. The Morgan fingerprint density at radius 1 is 0.778 bits per heavy atom. The maximum atomic E-state index is 13.6. The number of hydrogen-bond acceptors (Lipinski definition) is 0. The lowest BCUT2D eigenvalue weighted by atomic mass is 10.0. The van der Waals surface area contributed by atoms with Crippen LogP contribution in [0, 0.1) is 25.5 Å². The summed E-state index contributed by atoms with van der Waals surface area (Å²) in [6.45, 7) is 3.71. The van der Waals surface area contributed by atoms with Gasteiger partial charge in [0.2, 0.25) is 0 Å². The fourth-order valence-corrected chi connectivity index (χ4v) is 1.99. The Balaban J connectivity index is 2.13. The third kappa shape index (κ3) is 2.95. The Bertz CT molecular complexity index is 519. The number of hydrogen-bond donors (Lipinski definition) is 0. The number of rotatable bonds is 3. The molecular weight excluding hydrogens is 230 g/mol. The lowest BCUT2D eigenvalue weighted by Gasteiger charge is -2.07. The van der Waals surface area contributed by atoms with E-state index in [1.165, 1.54) is 17.7 Å². The summed E-state index contributed by atoms with van der Waals surface area (Å²) in [7, 11) is 0. The molecule has 0 unspecified atom stereocenters. The van der Waals surface area contributed by atoms with Crippen molar-refractivity contribution in [3.05, 3.63) is 70.3 Å². The van der Waals surface area contributed by atoms with Crippen molar-refractivity contribution in [3.8, 4) is 0 Å². The van der Waals surface area contributed by atoms with Crippen LogP contribution in [0.2, 0.25) is 0 Å². The van der Waals surface area contributed by atoms with Crippen molar-refractivity contribution in [1.29, 1.82) is 0 Å². The molecule has 2 rings (SSSR count). The van der Waals surface area contributed by atoms with Crippen molar-refractivity contribution in [2.75, 3.05) is 0 Å². The smallest absolute Gasteiger partial charge is 0.129 e. The van der Waals surface area contributed by atoms with E-state index in [0.717, 1.165) is 5.56 Å². The van der Waals surface area contributed by atoms with Gasteiger partial charge in [0.1, 0.15) is 11.6 Å². The molecule has 2 aromatic rings. The van der Waals surface area contributed by atoms with Gasteiger partial charge in [0, 0.05) is 5.56 Å². The highest BCUT2D eigenvalue weighted by molar-refractivity contribution is 5.27. The minimum absolute atomic E-state index is 0.182. The summed E-state index contributed by atoms with van der Waals surface area (Å²) in [4.78, 5) is 0. The molecule has 0 fully saturated rings. The topological polar surface area (TPSA) is 0 Å². The molecule has 0 nitrogen and oxygen atoms in total. The zero-order valence-corrected chi connectivity index (χ0v) is 10.6. The summed E-state index contributed by atoms with van der Waals surface area (Å²) in [6.07, 6.45) is 1.04. The maximum absolute atomic E-state index is 13.6. The van der Waals surface area contributed by atoms with Crippen LogP contribution >= 0.6 is 0 Å². The van der Waals surface area contributed by atoms with E-state index in [0.29, 0.717) is 18.4 Å². The van der Waals surface area contributed by atoms with Gasteiger partial charge in [-0.2, -0.15) is 0 Å². The van der Waals surface area contributed by atoms with Crippen LogP contribution in [0.1, 0.15) is 22.3 Å². The highest BCUT2D eigenvalue weighted by Gasteiger charge is 2.09. The Morgan fingerprint density at radius 2 is 1.33 bits per heavy atom. The summed E-state index contributed by atoms with van der Waals surface area (Å²) >= 11 is 0. The van der Waals surface area contributed by atoms with Gasteiger partial charge in [0.15, 0.2) is 0 Å². The van der Waals surface area contributed by atoms with E-state index in [-0.39, 0.29) is 5.56 Å². The predicted octanol–water partition coefficient (Wildman–Crippen LogP) is 4.37. The van der Waals surface area contributed by atoms with Gasteiger partial charge in [0.05, 0.1) is 0 Å². The maximum Gasteiger partial charge on any atom is 0.129 e. The average molecular weight is 246 g/mol. The fraction of sp³-hybridized carbons (Fsp3) is 0.250. The van der Waals surface area contributed by atoms with Crippen LogP contribution in [0.4, 0.5) is 8.78 Å². The van der Waals surface area contributed by atoms with Crippen LogP contribution in [0.25, 0.3) is 0 Å². The monoisotopic (exact) mass is 246 g/mol. The zero-order chi connectivity index (χ0) is 13.1. The molecule has 0 heterocycles. The molecule has 0 bridgehead atoms. The molecule has 94 valence electrons. The van der Waals surface area contributed by atoms with E-state index in [2.05, 4.69) is 0 Å². The van der Waals surface area contributed by atoms with Crippen LogP contribution in [0.3, 0.4) is 0 Å². The second-order valence-corrected chi connectivity index (χ2v) is 4.69. The first-order chi connectivity index (χ1) is 8.56. The molecule has 0 aromatic heterocycles. The van der Waals surface area contributed by atoms with Crippen molar-refractivity contribution in [3.63, 3.8) is 0 Å². The molecule has 0 aliphatic rings. The van der Waals surface area contributed by atoms with Gasteiger partial charge in [-0.1, -0.05) is 29.8 Å². The Morgan fingerprint density at radius 3 is 1.89 bits per heavy atom. The van der Waals surface area contributed by atoms with E-state index in [1.807, 2.05) is 31.2 Å². The Hall–Kier alpha value is -1.70. The van der Waals surface area contributed by atoms with Crippen LogP contribution in [0.5, 0.6) is 0 Å². The molecule has 0 aliphatic heterocycles. The van der Waals surface area contributed by atoms with E-state index < -0.39 is 11.6 Å². The molecule has 2 aromatic carbocycles. The number of aryl methyl sites for hydroxylation is 3. The second kappa shape index (κ2) is 5.30. The summed E-state index contributed by atoms with van der Waals surface area (Å²) in [5.74, 6) is -0.890.